The molecule has 1 aromatic heterocycles. The molecule has 0 unspecified atom stereocenters. The first-order valence-electron chi connectivity index (χ1n) is 8.30. The highest BCUT2D eigenvalue weighted by Gasteiger charge is 1.93. The Morgan fingerprint density at radius 2 is 1.57 bits per heavy atom. The summed E-state index contributed by atoms with van der Waals surface area (Å²) in [6.45, 7) is 24.7. The van der Waals surface area contributed by atoms with Crippen molar-refractivity contribution in [1.82, 2.24) is 4.98 Å². The molecule has 0 aliphatic carbocycles. The predicted octanol–water partition coefficient (Wildman–Crippen LogP) is 6.37. The number of aryl methyl sites for hydroxylation is 3. The third kappa shape index (κ3) is 14.8. The lowest BCUT2D eigenvalue weighted by molar-refractivity contribution is 0.410. The Morgan fingerprint density at radius 1 is 1.09 bits per heavy atom. The predicted molar refractivity (Wildman–Crippen MR) is 105 cm³/mol. The van der Waals surface area contributed by atoms with Crippen LogP contribution in [0.5, 0.6) is 0 Å². The first-order valence-corrected chi connectivity index (χ1v) is 8.30. The standard InChI is InChI=1S/C9H13N.C7H11NO.2C2H6/c1-4-9-6-5-7(2)8(3)10-9;1-5(2)6(3)8-7(4)9;2*1-2/h5-6H,4H2,1-3H3;9H,1,4H2,2-3H3;2*1-2H3/b;8-6-;;. The Bertz CT molecular complexity index is 488. The molecule has 0 bridgehead atoms. The van der Waals surface area contributed by atoms with Gasteiger partial charge in [-0.1, -0.05) is 47.3 Å². The van der Waals surface area contributed by atoms with Gasteiger partial charge in [0.2, 0.25) is 5.88 Å². The molecular formula is C20H36N2O. The fourth-order valence-corrected chi connectivity index (χ4v) is 1.17. The second-order valence-electron chi connectivity index (χ2n) is 4.45. The van der Waals surface area contributed by atoms with E-state index in [1.54, 1.807) is 6.92 Å². The van der Waals surface area contributed by atoms with E-state index >= 15 is 0 Å². The van der Waals surface area contributed by atoms with Gasteiger partial charge in [0, 0.05) is 17.1 Å². The average molecular weight is 321 g/mol. The van der Waals surface area contributed by atoms with Crippen LogP contribution in [0.1, 0.15) is 65.4 Å². The molecule has 1 aromatic rings. The van der Waals surface area contributed by atoms with Gasteiger partial charge in [-0.2, -0.15) is 0 Å². The molecule has 3 heteroatoms. The zero-order valence-corrected chi connectivity index (χ0v) is 16.6. The van der Waals surface area contributed by atoms with Gasteiger partial charge in [0.15, 0.2) is 0 Å². The van der Waals surface area contributed by atoms with Crippen molar-refractivity contribution in [2.45, 2.75) is 68.7 Å². The largest absolute Gasteiger partial charge is 0.494 e. The van der Waals surface area contributed by atoms with Gasteiger partial charge in [-0.15, -0.1) is 0 Å². The van der Waals surface area contributed by atoms with Gasteiger partial charge in [-0.3, -0.25) is 4.98 Å². The first kappa shape index (κ1) is 26.0. The first-order chi connectivity index (χ1) is 10.8. The van der Waals surface area contributed by atoms with Crippen LogP contribution in [0.25, 0.3) is 0 Å². The molecule has 0 spiro atoms. The molecule has 0 aromatic carbocycles. The number of allylic oxidation sites excluding steroid dienone is 1. The van der Waals surface area contributed by atoms with Crippen LogP contribution in [0.2, 0.25) is 0 Å². The maximum Gasteiger partial charge on any atom is 0.203 e. The lowest BCUT2D eigenvalue weighted by atomic mass is 10.2. The molecule has 0 aliphatic heterocycles. The number of rotatable bonds is 3. The minimum absolute atomic E-state index is 0.171. The Morgan fingerprint density at radius 3 is 1.83 bits per heavy atom. The van der Waals surface area contributed by atoms with Crippen LogP contribution in [0.3, 0.4) is 0 Å². The summed E-state index contributed by atoms with van der Waals surface area (Å²) in [5.41, 5.74) is 5.16. The van der Waals surface area contributed by atoms with Crippen molar-refractivity contribution in [1.29, 1.82) is 0 Å². The number of hydrogen-bond donors (Lipinski definition) is 1. The highest BCUT2D eigenvalue weighted by molar-refractivity contribution is 5.97. The molecule has 0 fully saturated rings. The SMILES string of the molecule is C=C(O)/N=C(/C)C(=C)C.CC.CC.CCc1ccc(C)c(C)n1. The number of nitrogens with zero attached hydrogens (tertiary/aromatic N) is 2. The van der Waals surface area contributed by atoms with Gasteiger partial charge >= 0.3 is 0 Å². The summed E-state index contributed by atoms with van der Waals surface area (Å²) in [5.74, 6) is -0.171. The van der Waals surface area contributed by atoms with E-state index in [1.165, 1.54) is 11.3 Å². The second kappa shape index (κ2) is 16.5. The fourth-order valence-electron chi connectivity index (χ4n) is 1.17. The summed E-state index contributed by atoms with van der Waals surface area (Å²) in [4.78, 5) is 8.05. The maximum absolute atomic E-state index is 8.55. The Hall–Kier alpha value is -1.90. The van der Waals surface area contributed by atoms with Crippen LogP contribution in [0.4, 0.5) is 0 Å². The van der Waals surface area contributed by atoms with Crippen LogP contribution in [-0.4, -0.2) is 15.8 Å². The summed E-state index contributed by atoms with van der Waals surface area (Å²) < 4.78 is 0. The van der Waals surface area contributed by atoms with E-state index in [0.717, 1.165) is 17.7 Å². The Labute approximate surface area is 143 Å². The zero-order valence-electron chi connectivity index (χ0n) is 16.6. The van der Waals surface area contributed by atoms with Crippen LogP contribution in [0.15, 0.2) is 41.7 Å². The van der Waals surface area contributed by atoms with E-state index in [1.807, 2.05) is 34.6 Å². The normalized spacial score (nSPS) is 9.17. The van der Waals surface area contributed by atoms with Crippen molar-refractivity contribution in [3.05, 3.63) is 53.7 Å². The van der Waals surface area contributed by atoms with Gasteiger partial charge < -0.3 is 5.11 Å². The van der Waals surface area contributed by atoms with Crippen molar-refractivity contribution < 1.29 is 5.11 Å². The lowest BCUT2D eigenvalue weighted by Gasteiger charge is -2.00. The van der Waals surface area contributed by atoms with Crippen molar-refractivity contribution >= 4 is 5.71 Å². The Kier molecular flexibility index (Phi) is 18.6. The van der Waals surface area contributed by atoms with Crippen LogP contribution in [0, 0.1) is 13.8 Å². The third-order valence-corrected chi connectivity index (χ3v) is 2.68. The topological polar surface area (TPSA) is 45.5 Å². The highest BCUT2D eigenvalue weighted by Crippen LogP contribution is 2.04. The molecule has 1 N–H and O–H groups in total. The van der Waals surface area contributed by atoms with Crippen molar-refractivity contribution in [3.8, 4) is 0 Å². The van der Waals surface area contributed by atoms with Gasteiger partial charge in [0.1, 0.15) is 0 Å². The molecule has 132 valence electrons. The number of aliphatic hydroxyl groups excluding tert-OH is 1. The summed E-state index contributed by atoms with van der Waals surface area (Å²) in [7, 11) is 0. The fraction of sp³-hybridized carbons (Fsp3) is 0.500. The molecular weight excluding hydrogens is 284 g/mol. The number of aliphatic hydroxyl groups is 1. The average Bonchev–Trinajstić information content (AvgIpc) is 2.54. The molecule has 0 saturated heterocycles. The number of hydrogen-bond acceptors (Lipinski definition) is 3. The summed E-state index contributed by atoms with van der Waals surface area (Å²) in [6, 6.07) is 4.21. The number of aromatic nitrogens is 1. The van der Waals surface area contributed by atoms with Crippen LogP contribution in [-0.2, 0) is 6.42 Å². The maximum atomic E-state index is 8.55. The molecule has 1 rings (SSSR count). The smallest absolute Gasteiger partial charge is 0.203 e. The summed E-state index contributed by atoms with van der Waals surface area (Å²) >= 11 is 0. The quantitative estimate of drug-likeness (QED) is 0.520. The molecule has 0 amide bonds. The van der Waals surface area contributed by atoms with E-state index in [-0.39, 0.29) is 5.88 Å². The molecule has 23 heavy (non-hydrogen) atoms. The Balaban J connectivity index is -0.000000287. The van der Waals surface area contributed by atoms with Gasteiger partial charge in [0.25, 0.3) is 0 Å². The summed E-state index contributed by atoms with van der Waals surface area (Å²) in [5, 5.41) is 8.55. The molecule has 0 atom stereocenters. The van der Waals surface area contributed by atoms with E-state index < -0.39 is 0 Å². The molecule has 0 radical (unpaired) electrons. The van der Waals surface area contributed by atoms with E-state index in [4.69, 9.17) is 5.11 Å². The monoisotopic (exact) mass is 320 g/mol. The highest BCUT2D eigenvalue weighted by atomic mass is 16.3. The van der Waals surface area contributed by atoms with E-state index in [9.17, 15) is 0 Å². The van der Waals surface area contributed by atoms with Crippen LogP contribution < -0.4 is 0 Å². The third-order valence-electron chi connectivity index (χ3n) is 2.68. The van der Waals surface area contributed by atoms with Crippen molar-refractivity contribution in [2.24, 2.45) is 4.99 Å². The number of aliphatic imine (C=N–C) groups is 1. The van der Waals surface area contributed by atoms with Crippen molar-refractivity contribution in [3.63, 3.8) is 0 Å². The lowest BCUT2D eigenvalue weighted by Crippen LogP contribution is -1.91. The van der Waals surface area contributed by atoms with Crippen molar-refractivity contribution in [2.75, 3.05) is 0 Å². The molecule has 1 heterocycles. The van der Waals surface area contributed by atoms with Crippen LogP contribution >= 0.6 is 0 Å². The minimum Gasteiger partial charge on any atom is -0.494 e. The molecule has 3 nitrogen and oxygen atoms in total. The van der Waals surface area contributed by atoms with Gasteiger partial charge in [-0.05, 0) is 57.9 Å². The van der Waals surface area contributed by atoms with E-state index in [2.05, 4.69) is 56.0 Å². The summed E-state index contributed by atoms with van der Waals surface area (Å²) in [6.07, 6.45) is 1.03. The van der Waals surface area contributed by atoms with Gasteiger partial charge in [-0.25, -0.2) is 4.99 Å². The zero-order chi connectivity index (χ0) is 19.0. The second-order valence-corrected chi connectivity index (χ2v) is 4.45. The van der Waals surface area contributed by atoms with E-state index in [0.29, 0.717) is 5.71 Å². The molecule has 0 saturated carbocycles. The minimum atomic E-state index is -0.171. The number of pyridine rings is 1. The molecule has 0 aliphatic rings. The van der Waals surface area contributed by atoms with Gasteiger partial charge in [0.05, 0.1) is 0 Å².